The van der Waals surface area contributed by atoms with Gasteiger partial charge in [-0.3, -0.25) is 4.79 Å². The molecule has 4 unspecified atom stereocenters. The molecule has 1 aromatic heterocycles. The molecule has 4 atom stereocenters. The fourth-order valence-electron chi connectivity index (χ4n) is 7.74. The first-order chi connectivity index (χ1) is 22.5. The van der Waals surface area contributed by atoms with Crippen LogP contribution in [0.4, 0.5) is 25.6 Å². The second-order valence-electron chi connectivity index (χ2n) is 13.7. The van der Waals surface area contributed by atoms with Gasteiger partial charge in [0.15, 0.2) is 0 Å². The van der Waals surface area contributed by atoms with Crippen molar-refractivity contribution >= 4 is 29.7 Å². The number of carbonyl (C=O) groups is 3. The van der Waals surface area contributed by atoms with Gasteiger partial charge in [0.2, 0.25) is 11.8 Å². The lowest BCUT2D eigenvalue weighted by molar-refractivity contribution is -0.279. The van der Waals surface area contributed by atoms with Crippen molar-refractivity contribution in [2.24, 2.45) is 5.41 Å². The zero-order valence-electron chi connectivity index (χ0n) is 27.3. The van der Waals surface area contributed by atoms with Crippen LogP contribution in [0.2, 0.25) is 0 Å². The van der Waals surface area contributed by atoms with E-state index in [9.17, 15) is 14.4 Å². The number of hydrogen-bond donors (Lipinski definition) is 2. The maximum Gasteiger partial charge on any atom is 0.410 e. The predicted molar refractivity (Wildman–Crippen MR) is 170 cm³/mol. The van der Waals surface area contributed by atoms with Gasteiger partial charge in [0, 0.05) is 43.7 Å². The van der Waals surface area contributed by atoms with Crippen molar-refractivity contribution in [1.82, 2.24) is 25.1 Å². The van der Waals surface area contributed by atoms with E-state index in [1.54, 1.807) is 29.7 Å². The van der Waals surface area contributed by atoms with Gasteiger partial charge < -0.3 is 39.5 Å². The molecule has 7 rings (SSSR count). The number of hydrogen-bond acceptors (Lipinski definition) is 9. The fourth-order valence-corrected chi connectivity index (χ4v) is 7.74. The number of halogens is 1. The summed E-state index contributed by atoms with van der Waals surface area (Å²) >= 11 is 0. The van der Waals surface area contributed by atoms with Gasteiger partial charge in [0.25, 0.3) is 5.91 Å². The van der Waals surface area contributed by atoms with E-state index in [0.29, 0.717) is 31.1 Å². The minimum absolute atomic E-state index is 0.00547. The van der Waals surface area contributed by atoms with Crippen molar-refractivity contribution in [3.05, 3.63) is 29.6 Å². The van der Waals surface area contributed by atoms with Gasteiger partial charge in [-0.05, 0) is 65.5 Å². The highest BCUT2D eigenvalue weighted by molar-refractivity contribution is 6.03. The Kier molecular flexibility index (Phi) is 7.88. The number of carbonyl (C=O) groups excluding carboxylic acids is 3. The first-order valence-electron chi connectivity index (χ1n) is 16.6. The lowest BCUT2D eigenvalue weighted by Crippen LogP contribution is -2.65. The van der Waals surface area contributed by atoms with Crippen LogP contribution in [0.25, 0.3) is 11.3 Å². The number of likely N-dealkylation sites (tertiary alicyclic amines) is 1. The van der Waals surface area contributed by atoms with Crippen molar-refractivity contribution in [3.8, 4) is 17.1 Å². The van der Waals surface area contributed by atoms with E-state index in [1.165, 1.54) is 12.1 Å². The summed E-state index contributed by atoms with van der Waals surface area (Å²) in [5.74, 6) is -0.524. The number of nitrogens with zero attached hydrogens (tertiary/aromatic N) is 5. The van der Waals surface area contributed by atoms with E-state index in [2.05, 4.69) is 15.5 Å². The maximum atomic E-state index is 15.5. The average molecular weight is 652 g/mol. The third-order valence-corrected chi connectivity index (χ3v) is 10.1. The lowest BCUT2D eigenvalue weighted by Gasteiger charge is -2.59. The summed E-state index contributed by atoms with van der Waals surface area (Å²) in [5, 5.41) is 5.11. The van der Waals surface area contributed by atoms with Crippen LogP contribution >= 0.6 is 0 Å². The molecule has 0 radical (unpaired) electrons. The first-order valence-corrected chi connectivity index (χ1v) is 16.6. The average Bonchev–Trinajstić information content (AvgIpc) is 3.61. The standard InChI is InChI=1S/C33H42FN7O6/c1-5-35-30(43)36-22-10-9-19(14-21(22)34)26-25-27(38-29(37-26)40-16-24-33(18-40)12-11-23(33)46-24)47-32(3,4)17-39(28(25)42)15-20-8-7-13-41(20)31(44)45-6-2/h9-10,14,20,23-24H,5-8,11-13,15-18H2,1-4H3,(H2,35,36,43). The lowest BCUT2D eigenvalue weighted by atomic mass is 9.60. The van der Waals surface area contributed by atoms with Gasteiger partial charge in [0.05, 0.1) is 42.8 Å². The van der Waals surface area contributed by atoms with Crippen LogP contribution in [-0.2, 0) is 9.47 Å². The molecule has 47 heavy (non-hydrogen) atoms. The summed E-state index contributed by atoms with van der Waals surface area (Å²) in [6.07, 6.45) is 3.63. The number of ether oxygens (including phenoxy) is 3. The molecule has 14 heteroatoms. The third kappa shape index (κ3) is 5.49. The fraction of sp³-hybridized carbons (Fsp3) is 0.606. The Bertz CT molecular complexity index is 1610. The van der Waals surface area contributed by atoms with E-state index in [0.717, 1.165) is 32.2 Å². The van der Waals surface area contributed by atoms with Crippen LogP contribution in [-0.4, -0.2) is 108 Å². The summed E-state index contributed by atoms with van der Waals surface area (Å²) in [5.41, 5.74) is -0.0391. The van der Waals surface area contributed by atoms with E-state index < -0.39 is 23.5 Å². The molecule has 252 valence electrons. The van der Waals surface area contributed by atoms with Gasteiger partial charge in [0.1, 0.15) is 17.0 Å². The molecular formula is C33H42FN7O6. The molecule has 4 aliphatic heterocycles. The Labute approximate surface area is 273 Å². The summed E-state index contributed by atoms with van der Waals surface area (Å²) in [7, 11) is 0. The monoisotopic (exact) mass is 651 g/mol. The van der Waals surface area contributed by atoms with E-state index in [-0.39, 0.29) is 72.1 Å². The first kappa shape index (κ1) is 31.4. The molecule has 1 aromatic carbocycles. The highest BCUT2D eigenvalue weighted by atomic mass is 19.1. The van der Waals surface area contributed by atoms with Crippen LogP contribution in [0.1, 0.15) is 63.7 Å². The minimum Gasteiger partial charge on any atom is -0.469 e. The summed E-state index contributed by atoms with van der Waals surface area (Å²) in [6.45, 7) is 10.4. The zero-order chi connectivity index (χ0) is 33.1. The Morgan fingerprint density at radius 1 is 1.15 bits per heavy atom. The molecule has 5 heterocycles. The number of nitrogens with one attached hydrogen (secondary N) is 2. The number of aromatic nitrogens is 2. The van der Waals surface area contributed by atoms with E-state index >= 15 is 4.39 Å². The van der Waals surface area contributed by atoms with Gasteiger partial charge in [-0.1, -0.05) is 6.07 Å². The Balaban J connectivity index is 1.28. The van der Waals surface area contributed by atoms with Crippen molar-refractivity contribution in [2.45, 2.75) is 77.2 Å². The molecule has 2 aromatic rings. The number of anilines is 2. The maximum absolute atomic E-state index is 15.5. The quantitative estimate of drug-likeness (QED) is 0.455. The molecular weight excluding hydrogens is 609 g/mol. The third-order valence-electron chi connectivity index (χ3n) is 10.1. The molecule has 4 amide bonds. The molecule has 5 aliphatic rings. The number of benzene rings is 1. The SMILES string of the molecule is CCNC(=O)Nc1ccc(-c2nc(N3CC4OC5CCC54C3)nc3c2C(=O)N(CC2CCCN2C(=O)OCC)CC(C)(C)O3)cc1F. The van der Waals surface area contributed by atoms with Gasteiger partial charge in [-0.2, -0.15) is 4.98 Å². The highest BCUT2D eigenvalue weighted by Gasteiger charge is 2.66. The van der Waals surface area contributed by atoms with Crippen molar-refractivity contribution < 1.29 is 33.0 Å². The van der Waals surface area contributed by atoms with E-state index in [1.807, 2.05) is 13.8 Å². The second-order valence-corrected chi connectivity index (χ2v) is 13.7. The van der Waals surface area contributed by atoms with E-state index in [4.69, 9.17) is 24.2 Å². The van der Waals surface area contributed by atoms with Crippen LogP contribution in [0, 0.1) is 11.2 Å². The zero-order valence-corrected chi connectivity index (χ0v) is 27.3. The normalized spacial score (nSPS) is 27.0. The molecule has 3 saturated heterocycles. The number of urea groups is 1. The molecule has 1 spiro atoms. The summed E-state index contributed by atoms with van der Waals surface area (Å²) in [6, 6.07) is 3.59. The molecule has 13 nitrogen and oxygen atoms in total. The Hall–Kier alpha value is -4.20. The largest absolute Gasteiger partial charge is 0.469 e. The topological polar surface area (TPSA) is 138 Å². The summed E-state index contributed by atoms with van der Waals surface area (Å²) < 4.78 is 33.4. The molecule has 0 bridgehead atoms. The van der Waals surface area contributed by atoms with Crippen molar-refractivity contribution in [3.63, 3.8) is 0 Å². The smallest absolute Gasteiger partial charge is 0.410 e. The molecule has 1 aliphatic carbocycles. The number of fused-ring (bicyclic) bond motifs is 1. The van der Waals surface area contributed by atoms with Crippen molar-refractivity contribution in [2.75, 3.05) is 56.1 Å². The van der Waals surface area contributed by atoms with Gasteiger partial charge in [-0.15, -0.1) is 0 Å². The number of amides is 4. The highest BCUT2D eigenvalue weighted by Crippen LogP contribution is 2.59. The predicted octanol–water partition coefficient (Wildman–Crippen LogP) is 4.03. The van der Waals surface area contributed by atoms with Crippen LogP contribution in [0.3, 0.4) is 0 Å². The van der Waals surface area contributed by atoms with Crippen LogP contribution < -0.4 is 20.3 Å². The van der Waals surface area contributed by atoms with Crippen LogP contribution in [0.5, 0.6) is 5.88 Å². The molecule has 4 fully saturated rings. The minimum atomic E-state index is -0.840. The van der Waals surface area contributed by atoms with Crippen molar-refractivity contribution in [1.29, 1.82) is 0 Å². The molecule has 2 N–H and O–H groups in total. The van der Waals surface area contributed by atoms with Crippen LogP contribution in [0.15, 0.2) is 18.2 Å². The van der Waals surface area contributed by atoms with Gasteiger partial charge >= 0.3 is 12.1 Å². The molecule has 1 saturated carbocycles. The van der Waals surface area contributed by atoms with Gasteiger partial charge in [-0.25, -0.2) is 19.0 Å². The second kappa shape index (κ2) is 11.8. The Morgan fingerprint density at radius 3 is 2.66 bits per heavy atom. The summed E-state index contributed by atoms with van der Waals surface area (Å²) in [4.78, 5) is 54.6. The number of rotatable bonds is 7. The Morgan fingerprint density at radius 2 is 1.98 bits per heavy atom.